The molecule has 1 aliphatic rings. The molecule has 0 aliphatic carbocycles. The molecule has 4 nitrogen and oxygen atoms in total. The molecular formula is C14H26N2O2. The SMILES string of the molecule is CC(C)CCNC(=O)C1CC(=O)N(CC(C)C)C1. The first kappa shape index (κ1) is 15.0. The highest BCUT2D eigenvalue weighted by molar-refractivity contribution is 5.89. The molecule has 1 rings (SSSR count). The third-order valence-electron chi connectivity index (χ3n) is 3.19. The van der Waals surface area contributed by atoms with E-state index in [1.165, 1.54) is 0 Å². The van der Waals surface area contributed by atoms with Gasteiger partial charge in [-0.2, -0.15) is 0 Å². The molecule has 1 N–H and O–H groups in total. The summed E-state index contributed by atoms with van der Waals surface area (Å²) in [5.74, 6) is 1.05. The van der Waals surface area contributed by atoms with Crippen molar-refractivity contribution in [1.82, 2.24) is 10.2 Å². The van der Waals surface area contributed by atoms with Crippen LogP contribution in [0.5, 0.6) is 0 Å². The van der Waals surface area contributed by atoms with Crippen molar-refractivity contribution in [1.29, 1.82) is 0 Å². The normalized spacial score (nSPS) is 20.0. The van der Waals surface area contributed by atoms with Gasteiger partial charge in [0.15, 0.2) is 0 Å². The van der Waals surface area contributed by atoms with Gasteiger partial charge in [0.1, 0.15) is 0 Å². The van der Waals surface area contributed by atoms with Crippen LogP contribution in [0.4, 0.5) is 0 Å². The molecule has 1 aliphatic heterocycles. The average molecular weight is 254 g/mol. The number of carbonyl (C=O) groups excluding carboxylic acids is 2. The molecule has 2 amide bonds. The van der Waals surface area contributed by atoms with Crippen LogP contribution in [0, 0.1) is 17.8 Å². The summed E-state index contributed by atoms with van der Waals surface area (Å²) < 4.78 is 0. The number of hydrogen-bond acceptors (Lipinski definition) is 2. The van der Waals surface area contributed by atoms with Crippen LogP contribution < -0.4 is 5.32 Å². The number of hydrogen-bond donors (Lipinski definition) is 1. The standard InChI is InChI=1S/C14H26N2O2/c1-10(2)5-6-15-14(18)12-7-13(17)16(9-12)8-11(3)4/h10-12H,5-9H2,1-4H3,(H,15,18). The minimum absolute atomic E-state index is 0.0373. The van der Waals surface area contributed by atoms with Crippen molar-refractivity contribution in [3.05, 3.63) is 0 Å². The zero-order valence-corrected chi connectivity index (χ0v) is 12.0. The van der Waals surface area contributed by atoms with Crippen molar-refractivity contribution in [3.8, 4) is 0 Å². The third-order valence-corrected chi connectivity index (χ3v) is 3.19. The zero-order valence-electron chi connectivity index (χ0n) is 12.0. The Hall–Kier alpha value is -1.06. The Balaban J connectivity index is 2.35. The van der Waals surface area contributed by atoms with Gasteiger partial charge in [0.2, 0.25) is 11.8 Å². The Bertz CT molecular complexity index is 300. The molecule has 1 saturated heterocycles. The van der Waals surface area contributed by atoms with Crippen LogP contribution in [0.1, 0.15) is 40.5 Å². The van der Waals surface area contributed by atoms with Crippen LogP contribution in [-0.2, 0) is 9.59 Å². The summed E-state index contributed by atoms with van der Waals surface area (Å²) in [5.41, 5.74) is 0. The van der Waals surface area contributed by atoms with Gasteiger partial charge in [0, 0.05) is 26.1 Å². The van der Waals surface area contributed by atoms with Crippen molar-refractivity contribution < 1.29 is 9.59 Å². The maximum absolute atomic E-state index is 11.9. The smallest absolute Gasteiger partial charge is 0.225 e. The number of rotatable bonds is 6. The molecule has 0 aromatic carbocycles. The summed E-state index contributed by atoms with van der Waals surface area (Å²) in [6.45, 7) is 10.5. The number of likely N-dealkylation sites (tertiary alicyclic amines) is 1. The molecule has 1 heterocycles. The first-order valence-electron chi connectivity index (χ1n) is 6.95. The molecule has 18 heavy (non-hydrogen) atoms. The van der Waals surface area contributed by atoms with Crippen molar-refractivity contribution in [2.24, 2.45) is 17.8 Å². The summed E-state index contributed by atoms with van der Waals surface area (Å²) in [4.78, 5) is 25.5. The predicted octanol–water partition coefficient (Wildman–Crippen LogP) is 1.65. The Morgan fingerprint density at radius 3 is 2.56 bits per heavy atom. The Morgan fingerprint density at radius 2 is 2.00 bits per heavy atom. The maximum Gasteiger partial charge on any atom is 0.225 e. The summed E-state index contributed by atoms with van der Waals surface area (Å²) >= 11 is 0. The Morgan fingerprint density at radius 1 is 1.33 bits per heavy atom. The zero-order chi connectivity index (χ0) is 13.7. The first-order chi connectivity index (χ1) is 8.40. The van der Waals surface area contributed by atoms with Gasteiger partial charge < -0.3 is 10.2 Å². The van der Waals surface area contributed by atoms with E-state index < -0.39 is 0 Å². The monoisotopic (exact) mass is 254 g/mol. The quantitative estimate of drug-likeness (QED) is 0.783. The van der Waals surface area contributed by atoms with E-state index in [1.807, 2.05) is 4.90 Å². The van der Waals surface area contributed by atoms with Gasteiger partial charge >= 0.3 is 0 Å². The molecule has 0 spiro atoms. The van der Waals surface area contributed by atoms with Gasteiger partial charge in [-0.25, -0.2) is 0 Å². The molecule has 1 unspecified atom stereocenters. The highest BCUT2D eigenvalue weighted by Gasteiger charge is 2.34. The fourth-order valence-electron chi connectivity index (χ4n) is 2.19. The van der Waals surface area contributed by atoms with Gasteiger partial charge in [-0.15, -0.1) is 0 Å². The van der Waals surface area contributed by atoms with E-state index in [4.69, 9.17) is 0 Å². The van der Waals surface area contributed by atoms with Gasteiger partial charge in [-0.1, -0.05) is 27.7 Å². The van der Waals surface area contributed by atoms with Crippen molar-refractivity contribution in [2.75, 3.05) is 19.6 Å². The van der Waals surface area contributed by atoms with E-state index in [1.54, 1.807) is 0 Å². The molecule has 0 aromatic heterocycles. The molecule has 0 radical (unpaired) electrons. The topological polar surface area (TPSA) is 49.4 Å². The van der Waals surface area contributed by atoms with Crippen LogP contribution in [0.3, 0.4) is 0 Å². The molecule has 0 bridgehead atoms. The van der Waals surface area contributed by atoms with Crippen LogP contribution in [0.2, 0.25) is 0 Å². The number of carbonyl (C=O) groups is 2. The minimum Gasteiger partial charge on any atom is -0.356 e. The van der Waals surface area contributed by atoms with E-state index >= 15 is 0 Å². The fraction of sp³-hybridized carbons (Fsp3) is 0.857. The number of nitrogens with one attached hydrogen (secondary N) is 1. The highest BCUT2D eigenvalue weighted by atomic mass is 16.2. The molecule has 1 atom stereocenters. The second kappa shape index (κ2) is 6.76. The van der Waals surface area contributed by atoms with E-state index in [9.17, 15) is 9.59 Å². The number of amides is 2. The lowest BCUT2D eigenvalue weighted by atomic mass is 10.1. The third kappa shape index (κ3) is 4.67. The average Bonchev–Trinajstić information content (AvgIpc) is 2.59. The molecule has 1 fully saturated rings. The molecule has 0 saturated carbocycles. The lowest BCUT2D eigenvalue weighted by molar-refractivity contribution is -0.129. The van der Waals surface area contributed by atoms with E-state index in [2.05, 4.69) is 33.0 Å². The van der Waals surface area contributed by atoms with Crippen LogP contribution >= 0.6 is 0 Å². The van der Waals surface area contributed by atoms with Gasteiger partial charge in [0.25, 0.3) is 0 Å². The van der Waals surface area contributed by atoms with E-state index in [0.29, 0.717) is 31.3 Å². The fourth-order valence-corrected chi connectivity index (χ4v) is 2.19. The van der Waals surface area contributed by atoms with Crippen LogP contribution in [0.25, 0.3) is 0 Å². The summed E-state index contributed by atoms with van der Waals surface area (Å²) in [5, 5.41) is 2.93. The largest absolute Gasteiger partial charge is 0.356 e. The van der Waals surface area contributed by atoms with Crippen molar-refractivity contribution >= 4 is 11.8 Å². The lowest BCUT2D eigenvalue weighted by Crippen LogP contribution is -2.34. The second-order valence-corrected chi connectivity index (χ2v) is 6.07. The molecule has 4 heteroatoms. The van der Waals surface area contributed by atoms with Crippen molar-refractivity contribution in [2.45, 2.75) is 40.5 Å². The summed E-state index contributed by atoms with van der Waals surface area (Å²) in [6, 6.07) is 0. The second-order valence-electron chi connectivity index (χ2n) is 6.07. The first-order valence-corrected chi connectivity index (χ1v) is 6.95. The minimum atomic E-state index is -0.150. The predicted molar refractivity (Wildman–Crippen MR) is 72.0 cm³/mol. The van der Waals surface area contributed by atoms with Crippen molar-refractivity contribution in [3.63, 3.8) is 0 Å². The maximum atomic E-state index is 11.9. The van der Waals surface area contributed by atoms with Gasteiger partial charge in [-0.05, 0) is 18.3 Å². The van der Waals surface area contributed by atoms with Crippen LogP contribution in [0.15, 0.2) is 0 Å². The highest BCUT2D eigenvalue weighted by Crippen LogP contribution is 2.19. The Kier molecular flexibility index (Phi) is 5.63. The van der Waals surface area contributed by atoms with Gasteiger partial charge in [0.05, 0.1) is 5.92 Å². The van der Waals surface area contributed by atoms with Crippen LogP contribution in [-0.4, -0.2) is 36.3 Å². The lowest BCUT2D eigenvalue weighted by Gasteiger charge is -2.18. The molecule has 0 aromatic rings. The summed E-state index contributed by atoms with van der Waals surface area (Å²) in [6.07, 6.45) is 1.36. The number of nitrogens with zero attached hydrogens (tertiary/aromatic N) is 1. The van der Waals surface area contributed by atoms with E-state index in [0.717, 1.165) is 13.0 Å². The van der Waals surface area contributed by atoms with E-state index in [-0.39, 0.29) is 17.7 Å². The molecular weight excluding hydrogens is 228 g/mol. The molecule has 104 valence electrons. The van der Waals surface area contributed by atoms with Gasteiger partial charge in [-0.3, -0.25) is 9.59 Å². The Labute approximate surface area is 110 Å². The summed E-state index contributed by atoms with van der Waals surface area (Å²) in [7, 11) is 0.